The van der Waals surface area contributed by atoms with Gasteiger partial charge in [-0.15, -0.1) is 0 Å². The molecule has 1 amide bonds. The van der Waals surface area contributed by atoms with Gasteiger partial charge in [0.2, 0.25) is 10.0 Å². The van der Waals surface area contributed by atoms with Crippen molar-refractivity contribution in [1.29, 1.82) is 0 Å². The van der Waals surface area contributed by atoms with Crippen LogP contribution in [0.25, 0.3) is 0 Å². The number of nitrogens with two attached hydrogens (primary N) is 1. The van der Waals surface area contributed by atoms with Crippen molar-refractivity contribution in [3.05, 3.63) is 48.0 Å². The average molecular weight is 385 g/mol. The SMILES string of the molecule is CS(=O)(=O)Nc1cccc(NS(=O)(=O)c2ccc(O)c(C(N)=O)c2)c1. The first-order chi connectivity index (χ1) is 11.5. The van der Waals surface area contributed by atoms with E-state index in [9.17, 15) is 26.7 Å². The zero-order valence-electron chi connectivity index (χ0n) is 12.9. The van der Waals surface area contributed by atoms with Crippen LogP contribution >= 0.6 is 0 Å². The van der Waals surface area contributed by atoms with Gasteiger partial charge in [0, 0.05) is 0 Å². The van der Waals surface area contributed by atoms with Gasteiger partial charge in [0.1, 0.15) is 5.75 Å². The Kier molecular flexibility index (Phi) is 4.90. The summed E-state index contributed by atoms with van der Waals surface area (Å²) >= 11 is 0. The van der Waals surface area contributed by atoms with Crippen LogP contribution in [0.1, 0.15) is 10.4 Å². The van der Waals surface area contributed by atoms with Gasteiger partial charge in [-0.1, -0.05) is 6.07 Å². The van der Waals surface area contributed by atoms with Crippen LogP contribution in [-0.4, -0.2) is 34.1 Å². The first kappa shape index (κ1) is 18.5. The lowest BCUT2D eigenvalue weighted by Crippen LogP contribution is -2.16. The Balaban J connectivity index is 2.35. The van der Waals surface area contributed by atoms with Crippen LogP contribution in [0.2, 0.25) is 0 Å². The molecule has 2 aromatic rings. The van der Waals surface area contributed by atoms with Crippen molar-refractivity contribution < 1.29 is 26.7 Å². The highest BCUT2D eigenvalue weighted by Crippen LogP contribution is 2.24. The highest BCUT2D eigenvalue weighted by Gasteiger charge is 2.18. The van der Waals surface area contributed by atoms with Crippen molar-refractivity contribution in [3.8, 4) is 5.75 Å². The maximum atomic E-state index is 12.4. The number of rotatable bonds is 6. The van der Waals surface area contributed by atoms with Crippen molar-refractivity contribution in [2.45, 2.75) is 4.90 Å². The van der Waals surface area contributed by atoms with Gasteiger partial charge < -0.3 is 10.8 Å². The molecule has 0 fully saturated rings. The number of amides is 1. The van der Waals surface area contributed by atoms with Crippen molar-refractivity contribution in [1.82, 2.24) is 0 Å². The molecule has 5 N–H and O–H groups in total. The smallest absolute Gasteiger partial charge is 0.261 e. The summed E-state index contributed by atoms with van der Waals surface area (Å²) in [5.74, 6) is -1.42. The number of sulfonamides is 2. The maximum absolute atomic E-state index is 12.4. The van der Waals surface area contributed by atoms with Gasteiger partial charge in [0.05, 0.1) is 28.1 Å². The number of carbonyl (C=O) groups excluding carboxylic acids is 1. The summed E-state index contributed by atoms with van der Waals surface area (Å²) in [6.07, 6.45) is 0.964. The van der Waals surface area contributed by atoms with Gasteiger partial charge >= 0.3 is 0 Å². The molecule has 0 aliphatic carbocycles. The highest BCUT2D eigenvalue weighted by atomic mass is 32.2. The standard InChI is InChI=1S/C14H15N3O6S2/c1-24(20,21)16-9-3-2-4-10(7-9)17-25(22,23)11-5-6-13(18)12(8-11)14(15)19/h2-8,16-18H,1H3,(H2,15,19). The Morgan fingerprint density at radius 1 is 1.00 bits per heavy atom. The van der Waals surface area contributed by atoms with E-state index in [4.69, 9.17) is 5.73 Å². The van der Waals surface area contributed by atoms with E-state index in [2.05, 4.69) is 9.44 Å². The van der Waals surface area contributed by atoms with E-state index in [1.165, 1.54) is 24.3 Å². The summed E-state index contributed by atoms with van der Waals surface area (Å²) in [4.78, 5) is 10.9. The maximum Gasteiger partial charge on any atom is 0.261 e. The third kappa shape index (κ3) is 4.84. The zero-order chi connectivity index (χ0) is 18.8. The molecule has 0 aliphatic heterocycles. The molecule has 0 heterocycles. The first-order valence-electron chi connectivity index (χ1n) is 6.71. The van der Waals surface area contributed by atoms with Crippen LogP contribution in [-0.2, 0) is 20.0 Å². The highest BCUT2D eigenvalue weighted by molar-refractivity contribution is 7.92. The predicted molar refractivity (Wildman–Crippen MR) is 92.3 cm³/mol. The monoisotopic (exact) mass is 385 g/mol. The summed E-state index contributed by atoms with van der Waals surface area (Å²) in [7, 11) is -7.61. The van der Waals surface area contributed by atoms with Crippen LogP contribution in [0.15, 0.2) is 47.4 Å². The molecule has 11 heteroatoms. The zero-order valence-corrected chi connectivity index (χ0v) is 14.6. The molecule has 0 saturated carbocycles. The minimum atomic E-state index is -4.09. The summed E-state index contributed by atoms with van der Waals surface area (Å²) in [5.41, 5.74) is 5.01. The summed E-state index contributed by atoms with van der Waals surface area (Å²) in [6, 6.07) is 8.69. The van der Waals surface area contributed by atoms with E-state index in [0.717, 1.165) is 24.5 Å². The Morgan fingerprint density at radius 2 is 1.60 bits per heavy atom. The van der Waals surface area contributed by atoms with Crippen LogP contribution in [0, 0.1) is 0 Å². The number of aromatic hydroxyl groups is 1. The van der Waals surface area contributed by atoms with Crippen LogP contribution < -0.4 is 15.2 Å². The first-order valence-corrected chi connectivity index (χ1v) is 10.1. The Bertz CT molecular complexity index is 1030. The fourth-order valence-electron chi connectivity index (χ4n) is 1.95. The number of benzene rings is 2. The average Bonchev–Trinajstić information content (AvgIpc) is 2.45. The molecule has 0 spiro atoms. The minimum Gasteiger partial charge on any atom is -0.507 e. The molecule has 0 unspecified atom stereocenters. The lowest BCUT2D eigenvalue weighted by atomic mass is 10.2. The molecule has 134 valence electrons. The number of carbonyl (C=O) groups is 1. The van der Waals surface area contributed by atoms with Gasteiger partial charge in [0.15, 0.2) is 0 Å². The van der Waals surface area contributed by atoms with Crippen molar-refractivity contribution in [3.63, 3.8) is 0 Å². The van der Waals surface area contributed by atoms with E-state index in [1.54, 1.807) is 0 Å². The van der Waals surface area contributed by atoms with Gasteiger partial charge in [0.25, 0.3) is 15.9 Å². The minimum absolute atomic E-state index is 0.0994. The van der Waals surface area contributed by atoms with Crippen molar-refractivity contribution >= 4 is 37.3 Å². The Morgan fingerprint density at radius 3 is 2.16 bits per heavy atom. The molecule has 0 saturated heterocycles. The molecular formula is C14H15N3O6S2. The predicted octanol–water partition coefficient (Wildman–Crippen LogP) is 0.663. The number of hydrogen-bond donors (Lipinski definition) is 4. The molecule has 2 aromatic carbocycles. The third-order valence-electron chi connectivity index (χ3n) is 2.96. The van der Waals surface area contributed by atoms with Crippen LogP contribution in [0.5, 0.6) is 5.75 Å². The van der Waals surface area contributed by atoms with E-state index in [0.29, 0.717) is 0 Å². The molecule has 25 heavy (non-hydrogen) atoms. The molecule has 0 radical (unpaired) electrons. The second-order valence-corrected chi connectivity index (χ2v) is 8.53. The third-order valence-corrected chi connectivity index (χ3v) is 4.95. The molecule has 0 atom stereocenters. The normalized spacial score (nSPS) is 11.7. The van der Waals surface area contributed by atoms with Crippen molar-refractivity contribution in [2.75, 3.05) is 15.7 Å². The largest absolute Gasteiger partial charge is 0.507 e. The molecule has 0 aromatic heterocycles. The second-order valence-electron chi connectivity index (χ2n) is 5.10. The summed E-state index contributed by atoms with van der Waals surface area (Å²) in [5, 5.41) is 9.52. The van der Waals surface area contributed by atoms with Gasteiger partial charge in [-0.3, -0.25) is 14.2 Å². The number of hydrogen-bond acceptors (Lipinski definition) is 6. The van der Waals surface area contributed by atoms with E-state index < -0.39 is 31.7 Å². The van der Waals surface area contributed by atoms with E-state index >= 15 is 0 Å². The van der Waals surface area contributed by atoms with Crippen LogP contribution in [0.4, 0.5) is 11.4 Å². The molecule has 0 bridgehead atoms. The molecule has 9 nitrogen and oxygen atoms in total. The number of primary amides is 1. The Hall–Kier alpha value is -2.79. The second kappa shape index (κ2) is 6.61. The van der Waals surface area contributed by atoms with E-state index in [1.807, 2.05) is 0 Å². The van der Waals surface area contributed by atoms with Gasteiger partial charge in [-0.2, -0.15) is 0 Å². The molecule has 0 aliphatic rings. The lowest BCUT2D eigenvalue weighted by molar-refractivity contribution is 0.0997. The lowest BCUT2D eigenvalue weighted by Gasteiger charge is -2.11. The van der Waals surface area contributed by atoms with Gasteiger partial charge in [-0.25, -0.2) is 16.8 Å². The number of phenols is 1. The number of anilines is 2. The van der Waals surface area contributed by atoms with Crippen LogP contribution in [0.3, 0.4) is 0 Å². The number of nitrogens with one attached hydrogen (secondary N) is 2. The molecule has 2 rings (SSSR count). The fourth-order valence-corrected chi connectivity index (χ4v) is 3.58. The van der Waals surface area contributed by atoms with Crippen molar-refractivity contribution in [2.24, 2.45) is 5.73 Å². The molecular weight excluding hydrogens is 370 g/mol. The topological polar surface area (TPSA) is 156 Å². The summed E-state index contributed by atoms with van der Waals surface area (Å²) in [6.45, 7) is 0. The van der Waals surface area contributed by atoms with E-state index in [-0.39, 0.29) is 21.8 Å². The van der Waals surface area contributed by atoms with Gasteiger partial charge in [-0.05, 0) is 36.4 Å². The quantitative estimate of drug-likeness (QED) is 0.572. The Labute approximate surface area is 144 Å². The fraction of sp³-hybridized carbons (Fsp3) is 0.0714. The summed E-state index contributed by atoms with van der Waals surface area (Å²) < 4.78 is 51.7.